The van der Waals surface area contributed by atoms with E-state index in [-0.39, 0.29) is 5.78 Å². The van der Waals surface area contributed by atoms with Gasteiger partial charge in [0.25, 0.3) is 0 Å². The summed E-state index contributed by atoms with van der Waals surface area (Å²) in [4.78, 5) is 12.1. The van der Waals surface area contributed by atoms with Crippen LogP contribution in [0.5, 0.6) is 11.5 Å². The second-order valence-electron chi connectivity index (χ2n) is 4.18. The van der Waals surface area contributed by atoms with Gasteiger partial charge in [-0.25, -0.2) is 0 Å². The Morgan fingerprint density at radius 3 is 2.47 bits per heavy atom. The number of carbonyl (C=O) groups excluding carboxylic acids is 1. The molecule has 0 aliphatic rings. The van der Waals surface area contributed by atoms with Gasteiger partial charge in [0.2, 0.25) is 0 Å². The Morgan fingerprint density at radius 2 is 1.95 bits per heavy atom. The Hall–Kier alpha value is -1.55. The molecule has 0 heterocycles. The molecule has 1 unspecified atom stereocenters. The lowest BCUT2D eigenvalue weighted by atomic mass is 10.0. The van der Waals surface area contributed by atoms with Crippen molar-refractivity contribution in [2.75, 3.05) is 20.8 Å². The predicted molar refractivity (Wildman–Crippen MR) is 73.8 cm³/mol. The lowest BCUT2D eigenvalue weighted by Crippen LogP contribution is -2.17. The number of ether oxygens (including phenoxy) is 3. The summed E-state index contributed by atoms with van der Waals surface area (Å²) in [5, 5.41) is 0. The minimum absolute atomic E-state index is 0.0417. The van der Waals surface area contributed by atoms with Crippen LogP contribution in [0.15, 0.2) is 18.2 Å². The summed E-state index contributed by atoms with van der Waals surface area (Å²) >= 11 is 0. The molecular weight excluding hydrogens is 244 g/mol. The molecule has 0 aromatic heterocycles. The maximum Gasteiger partial charge on any atom is 0.165 e. The number of benzene rings is 1. The first-order valence-electron chi connectivity index (χ1n) is 6.54. The standard InChI is InChI=1S/C15H22O4/c1-5-9-19-15(13(16)6-2)12-10-11(17-3)7-8-14(12)18-4/h7-8,10,15H,5-6,9H2,1-4H3. The number of methoxy groups -OCH3 is 2. The van der Waals surface area contributed by atoms with Gasteiger partial charge in [-0.05, 0) is 24.6 Å². The monoisotopic (exact) mass is 266 g/mol. The quantitative estimate of drug-likeness (QED) is 0.725. The van der Waals surface area contributed by atoms with Crippen LogP contribution in [0.1, 0.15) is 38.4 Å². The van der Waals surface area contributed by atoms with Crippen LogP contribution in [0.4, 0.5) is 0 Å². The van der Waals surface area contributed by atoms with E-state index in [4.69, 9.17) is 14.2 Å². The van der Waals surface area contributed by atoms with Crippen molar-refractivity contribution in [3.63, 3.8) is 0 Å². The number of ketones is 1. The molecule has 0 saturated heterocycles. The molecule has 0 aliphatic heterocycles. The molecule has 1 aromatic rings. The first-order valence-corrected chi connectivity index (χ1v) is 6.54. The number of carbonyl (C=O) groups is 1. The van der Waals surface area contributed by atoms with Crippen molar-refractivity contribution in [2.45, 2.75) is 32.8 Å². The molecule has 1 atom stereocenters. The summed E-state index contributed by atoms with van der Waals surface area (Å²) in [6, 6.07) is 5.39. The topological polar surface area (TPSA) is 44.8 Å². The Bertz CT molecular complexity index is 415. The fraction of sp³-hybridized carbons (Fsp3) is 0.533. The van der Waals surface area contributed by atoms with Gasteiger partial charge in [-0.1, -0.05) is 13.8 Å². The maximum atomic E-state index is 12.1. The highest BCUT2D eigenvalue weighted by Gasteiger charge is 2.23. The van der Waals surface area contributed by atoms with Crippen LogP contribution in [0, 0.1) is 0 Å². The smallest absolute Gasteiger partial charge is 0.165 e. The molecule has 0 aliphatic carbocycles. The molecule has 4 nitrogen and oxygen atoms in total. The van der Waals surface area contributed by atoms with Crippen LogP contribution >= 0.6 is 0 Å². The molecule has 0 radical (unpaired) electrons. The van der Waals surface area contributed by atoms with Gasteiger partial charge in [0.15, 0.2) is 5.78 Å². The second kappa shape index (κ2) is 7.79. The van der Waals surface area contributed by atoms with Crippen molar-refractivity contribution in [1.29, 1.82) is 0 Å². The van der Waals surface area contributed by atoms with Crippen molar-refractivity contribution in [3.05, 3.63) is 23.8 Å². The third kappa shape index (κ3) is 3.96. The fourth-order valence-corrected chi connectivity index (χ4v) is 1.82. The molecule has 0 saturated carbocycles. The van der Waals surface area contributed by atoms with Gasteiger partial charge in [0.05, 0.1) is 14.2 Å². The van der Waals surface area contributed by atoms with Crippen LogP contribution < -0.4 is 9.47 Å². The van der Waals surface area contributed by atoms with Crippen molar-refractivity contribution < 1.29 is 19.0 Å². The number of Topliss-reactive ketones (excluding diaryl/α,β-unsaturated/α-hetero) is 1. The number of rotatable bonds is 8. The summed E-state index contributed by atoms with van der Waals surface area (Å²) in [6.07, 6.45) is 0.698. The molecule has 0 amide bonds. The molecular formula is C15H22O4. The van der Waals surface area contributed by atoms with E-state index in [9.17, 15) is 4.79 Å². The first kappa shape index (κ1) is 15.5. The molecule has 0 spiro atoms. The second-order valence-corrected chi connectivity index (χ2v) is 4.18. The highest BCUT2D eigenvalue weighted by molar-refractivity contribution is 5.85. The summed E-state index contributed by atoms with van der Waals surface area (Å²) in [7, 11) is 3.17. The summed E-state index contributed by atoms with van der Waals surface area (Å²) in [5.41, 5.74) is 0.724. The normalized spacial score (nSPS) is 12.0. The van der Waals surface area contributed by atoms with Crippen LogP contribution in [0.2, 0.25) is 0 Å². The lowest BCUT2D eigenvalue weighted by Gasteiger charge is -2.19. The van der Waals surface area contributed by atoms with Crippen molar-refractivity contribution in [3.8, 4) is 11.5 Å². The molecule has 1 rings (SSSR count). The van der Waals surface area contributed by atoms with Crippen LogP contribution in [-0.4, -0.2) is 26.6 Å². The van der Waals surface area contributed by atoms with Gasteiger partial charge in [0.1, 0.15) is 17.6 Å². The van der Waals surface area contributed by atoms with Gasteiger partial charge in [-0.3, -0.25) is 4.79 Å². The fourth-order valence-electron chi connectivity index (χ4n) is 1.82. The van der Waals surface area contributed by atoms with E-state index >= 15 is 0 Å². The summed E-state index contributed by atoms with van der Waals surface area (Å²) < 4.78 is 16.2. The highest BCUT2D eigenvalue weighted by Crippen LogP contribution is 2.32. The Balaban J connectivity index is 3.14. The van der Waals surface area contributed by atoms with Crippen LogP contribution in [-0.2, 0) is 9.53 Å². The number of hydrogen-bond acceptors (Lipinski definition) is 4. The van der Waals surface area contributed by atoms with Gasteiger partial charge < -0.3 is 14.2 Å². The SMILES string of the molecule is CCCOC(C(=O)CC)c1cc(OC)ccc1OC. The van der Waals surface area contributed by atoms with E-state index in [1.165, 1.54) is 0 Å². The Labute approximate surface area is 114 Å². The van der Waals surface area contributed by atoms with Crippen molar-refractivity contribution in [1.82, 2.24) is 0 Å². The van der Waals surface area contributed by atoms with Gasteiger partial charge in [-0.15, -0.1) is 0 Å². The maximum absolute atomic E-state index is 12.1. The molecule has 0 fully saturated rings. The van der Waals surface area contributed by atoms with Crippen LogP contribution in [0.25, 0.3) is 0 Å². The van der Waals surface area contributed by atoms with Gasteiger partial charge in [0, 0.05) is 18.6 Å². The molecule has 1 aromatic carbocycles. The average molecular weight is 266 g/mol. The first-order chi connectivity index (χ1) is 9.17. The zero-order valence-corrected chi connectivity index (χ0v) is 12.1. The lowest BCUT2D eigenvalue weighted by molar-refractivity contribution is -0.130. The third-order valence-electron chi connectivity index (χ3n) is 2.85. The van der Waals surface area contributed by atoms with E-state index in [2.05, 4.69) is 0 Å². The van der Waals surface area contributed by atoms with Gasteiger partial charge >= 0.3 is 0 Å². The molecule has 0 N–H and O–H groups in total. The summed E-state index contributed by atoms with van der Waals surface area (Å²) in [6.45, 7) is 4.38. The molecule has 4 heteroatoms. The highest BCUT2D eigenvalue weighted by atomic mass is 16.5. The Morgan fingerprint density at radius 1 is 1.21 bits per heavy atom. The van der Waals surface area contributed by atoms with Crippen LogP contribution in [0.3, 0.4) is 0 Å². The third-order valence-corrected chi connectivity index (χ3v) is 2.85. The average Bonchev–Trinajstić information content (AvgIpc) is 2.46. The molecule has 106 valence electrons. The van der Waals surface area contributed by atoms with Gasteiger partial charge in [-0.2, -0.15) is 0 Å². The molecule has 19 heavy (non-hydrogen) atoms. The van der Waals surface area contributed by atoms with E-state index in [0.29, 0.717) is 24.5 Å². The predicted octanol–water partition coefficient (Wildman–Crippen LogP) is 3.15. The Kier molecular flexibility index (Phi) is 6.36. The van der Waals surface area contributed by atoms with E-state index in [1.54, 1.807) is 32.4 Å². The molecule has 0 bridgehead atoms. The van der Waals surface area contributed by atoms with E-state index in [1.807, 2.05) is 13.8 Å². The minimum Gasteiger partial charge on any atom is -0.497 e. The van der Waals surface area contributed by atoms with Crippen molar-refractivity contribution in [2.24, 2.45) is 0 Å². The summed E-state index contributed by atoms with van der Waals surface area (Å²) in [5.74, 6) is 1.37. The zero-order chi connectivity index (χ0) is 14.3. The largest absolute Gasteiger partial charge is 0.497 e. The van der Waals surface area contributed by atoms with E-state index < -0.39 is 6.10 Å². The minimum atomic E-state index is -0.588. The number of hydrogen-bond donors (Lipinski definition) is 0. The van der Waals surface area contributed by atoms with Crippen molar-refractivity contribution >= 4 is 5.78 Å². The van der Waals surface area contributed by atoms with E-state index in [0.717, 1.165) is 12.0 Å². The zero-order valence-electron chi connectivity index (χ0n) is 12.1.